The minimum Gasteiger partial charge on any atom is -0.316 e. The Morgan fingerprint density at radius 3 is 3.31 bits per heavy atom. The van der Waals surface area contributed by atoms with Gasteiger partial charge in [-0.25, -0.2) is 4.68 Å². The summed E-state index contributed by atoms with van der Waals surface area (Å²) in [6.45, 7) is 4.58. The number of aryl methyl sites for hydroxylation is 1. The van der Waals surface area contributed by atoms with Gasteiger partial charge in [-0.2, -0.15) is 5.10 Å². The predicted molar refractivity (Wildman–Crippen MR) is 62.1 cm³/mol. The van der Waals surface area contributed by atoms with Crippen LogP contribution >= 0.6 is 0 Å². The van der Waals surface area contributed by atoms with Gasteiger partial charge in [0.2, 0.25) is 5.91 Å². The molecule has 1 saturated heterocycles. The summed E-state index contributed by atoms with van der Waals surface area (Å²) in [5.74, 6) is 0.981. The maximum atomic E-state index is 11.9. The van der Waals surface area contributed by atoms with Crippen LogP contribution in [-0.2, 0) is 11.3 Å². The number of rotatable bonds is 3. The lowest BCUT2D eigenvalue weighted by atomic mass is 9.99. The van der Waals surface area contributed by atoms with Crippen molar-refractivity contribution in [2.75, 3.05) is 18.4 Å². The number of hydrogen-bond acceptors (Lipinski definition) is 3. The summed E-state index contributed by atoms with van der Waals surface area (Å²) in [4.78, 5) is 11.9. The van der Waals surface area contributed by atoms with E-state index in [1.54, 1.807) is 10.9 Å². The van der Waals surface area contributed by atoms with E-state index in [4.69, 9.17) is 0 Å². The number of hydrogen-bond donors (Lipinski definition) is 2. The van der Waals surface area contributed by atoms with E-state index in [-0.39, 0.29) is 11.8 Å². The Kier molecular flexibility index (Phi) is 3.56. The van der Waals surface area contributed by atoms with Crippen molar-refractivity contribution in [3.63, 3.8) is 0 Å². The topological polar surface area (TPSA) is 59.0 Å². The highest BCUT2D eigenvalue weighted by atomic mass is 16.2. The number of anilines is 1. The molecule has 0 bridgehead atoms. The van der Waals surface area contributed by atoms with Crippen LogP contribution in [0.25, 0.3) is 0 Å². The fourth-order valence-corrected chi connectivity index (χ4v) is 1.99. The molecular weight excluding hydrogens is 204 g/mol. The summed E-state index contributed by atoms with van der Waals surface area (Å²) in [5, 5.41) is 10.3. The van der Waals surface area contributed by atoms with Gasteiger partial charge in [0.15, 0.2) is 0 Å². The summed E-state index contributed by atoms with van der Waals surface area (Å²) in [7, 11) is 0. The fraction of sp³-hybridized carbons (Fsp3) is 0.636. The summed E-state index contributed by atoms with van der Waals surface area (Å²) < 4.78 is 1.79. The Morgan fingerprint density at radius 2 is 2.62 bits per heavy atom. The van der Waals surface area contributed by atoms with Gasteiger partial charge in [0.1, 0.15) is 5.82 Å². The molecule has 2 heterocycles. The number of amides is 1. The van der Waals surface area contributed by atoms with Gasteiger partial charge in [-0.15, -0.1) is 0 Å². The van der Waals surface area contributed by atoms with Crippen LogP contribution in [0.3, 0.4) is 0 Å². The minimum absolute atomic E-state index is 0.0916. The maximum Gasteiger partial charge on any atom is 0.229 e. The zero-order valence-corrected chi connectivity index (χ0v) is 9.57. The van der Waals surface area contributed by atoms with Crippen LogP contribution in [0.4, 0.5) is 5.82 Å². The third-order valence-corrected chi connectivity index (χ3v) is 2.94. The summed E-state index contributed by atoms with van der Waals surface area (Å²) in [6.07, 6.45) is 3.75. The Bertz CT molecular complexity index is 355. The fourth-order valence-electron chi connectivity index (χ4n) is 1.99. The summed E-state index contributed by atoms with van der Waals surface area (Å²) >= 11 is 0. The van der Waals surface area contributed by atoms with Crippen LogP contribution in [0.2, 0.25) is 0 Å². The lowest BCUT2D eigenvalue weighted by Crippen LogP contribution is -2.37. The highest BCUT2D eigenvalue weighted by Gasteiger charge is 2.21. The molecule has 88 valence electrons. The number of carbonyl (C=O) groups is 1. The zero-order valence-electron chi connectivity index (χ0n) is 9.57. The molecule has 0 unspecified atom stereocenters. The van der Waals surface area contributed by atoms with E-state index in [1.807, 2.05) is 13.0 Å². The Morgan fingerprint density at radius 1 is 1.75 bits per heavy atom. The second-order valence-corrected chi connectivity index (χ2v) is 4.06. The molecule has 1 amide bonds. The van der Waals surface area contributed by atoms with Crippen molar-refractivity contribution in [2.45, 2.75) is 26.3 Å². The smallest absolute Gasteiger partial charge is 0.229 e. The quantitative estimate of drug-likeness (QED) is 0.796. The SMILES string of the molecule is CCn1nccc1NC(=O)[C@@H]1CCCNC1. The van der Waals surface area contributed by atoms with Crippen molar-refractivity contribution in [1.29, 1.82) is 0 Å². The molecule has 5 heteroatoms. The first-order chi connectivity index (χ1) is 7.81. The lowest BCUT2D eigenvalue weighted by molar-refractivity contribution is -0.120. The van der Waals surface area contributed by atoms with E-state index in [1.165, 1.54) is 0 Å². The molecule has 1 fully saturated rings. The molecule has 16 heavy (non-hydrogen) atoms. The molecule has 1 aromatic rings. The molecule has 0 spiro atoms. The second kappa shape index (κ2) is 5.12. The molecular formula is C11H18N4O. The Labute approximate surface area is 95.2 Å². The maximum absolute atomic E-state index is 11.9. The van der Waals surface area contributed by atoms with Gasteiger partial charge < -0.3 is 10.6 Å². The molecule has 2 N–H and O–H groups in total. The van der Waals surface area contributed by atoms with E-state index < -0.39 is 0 Å². The number of piperidine rings is 1. The molecule has 0 saturated carbocycles. The Hall–Kier alpha value is -1.36. The third kappa shape index (κ3) is 2.41. The van der Waals surface area contributed by atoms with Gasteiger partial charge in [0, 0.05) is 19.2 Å². The van der Waals surface area contributed by atoms with E-state index >= 15 is 0 Å². The van der Waals surface area contributed by atoms with Crippen molar-refractivity contribution in [2.24, 2.45) is 5.92 Å². The second-order valence-electron chi connectivity index (χ2n) is 4.06. The molecule has 1 aliphatic heterocycles. The van der Waals surface area contributed by atoms with Crippen LogP contribution < -0.4 is 10.6 Å². The largest absolute Gasteiger partial charge is 0.316 e. The van der Waals surface area contributed by atoms with E-state index in [9.17, 15) is 4.79 Å². The van der Waals surface area contributed by atoms with Crippen LogP contribution in [0, 0.1) is 5.92 Å². The molecule has 0 aromatic carbocycles. The normalized spacial score (nSPS) is 20.7. The molecule has 0 radical (unpaired) electrons. The van der Waals surface area contributed by atoms with Gasteiger partial charge in [0.05, 0.1) is 12.1 Å². The van der Waals surface area contributed by atoms with Gasteiger partial charge in [-0.1, -0.05) is 0 Å². The van der Waals surface area contributed by atoms with Gasteiger partial charge in [0.25, 0.3) is 0 Å². The van der Waals surface area contributed by atoms with Gasteiger partial charge >= 0.3 is 0 Å². The monoisotopic (exact) mass is 222 g/mol. The molecule has 0 aliphatic carbocycles. The summed E-state index contributed by atoms with van der Waals surface area (Å²) in [5.41, 5.74) is 0. The van der Waals surface area contributed by atoms with Crippen molar-refractivity contribution in [3.8, 4) is 0 Å². The first-order valence-electron chi connectivity index (χ1n) is 5.84. The average molecular weight is 222 g/mol. The first-order valence-corrected chi connectivity index (χ1v) is 5.84. The predicted octanol–water partition coefficient (Wildman–Crippen LogP) is 0.841. The molecule has 5 nitrogen and oxygen atoms in total. The van der Waals surface area contributed by atoms with Crippen LogP contribution in [0.15, 0.2) is 12.3 Å². The van der Waals surface area contributed by atoms with Gasteiger partial charge in [-0.05, 0) is 26.3 Å². The highest BCUT2D eigenvalue weighted by Crippen LogP contribution is 2.13. The minimum atomic E-state index is 0.0916. The average Bonchev–Trinajstić information content (AvgIpc) is 2.77. The van der Waals surface area contributed by atoms with Crippen molar-refractivity contribution in [1.82, 2.24) is 15.1 Å². The standard InChI is InChI=1S/C11H18N4O/c1-2-15-10(5-7-13-15)14-11(16)9-4-3-6-12-8-9/h5,7,9,12H,2-4,6,8H2,1H3,(H,14,16)/t9-/m1/s1. The number of nitrogens with one attached hydrogen (secondary N) is 2. The van der Waals surface area contributed by atoms with Crippen LogP contribution in [-0.4, -0.2) is 28.8 Å². The molecule has 1 aliphatic rings. The Balaban J connectivity index is 1.95. The van der Waals surface area contributed by atoms with Crippen molar-refractivity contribution >= 4 is 11.7 Å². The number of nitrogens with zero attached hydrogens (tertiary/aromatic N) is 2. The summed E-state index contributed by atoms with van der Waals surface area (Å²) in [6, 6.07) is 1.83. The first kappa shape index (κ1) is 11.1. The van der Waals surface area contributed by atoms with E-state index in [0.29, 0.717) is 0 Å². The van der Waals surface area contributed by atoms with E-state index in [2.05, 4.69) is 15.7 Å². The molecule has 1 aromatic heterocycles. The van der Waals surface area contributed by atoms with Crippen LogP contribution in [0.1, 0.15) is 19.8 Å². The highest BCUT2D eigenvalue weighted by molar-refractivity contribution is 5.91. The number of carbonyl (C=O) groups excluding carboxylic acids is 1. The van der Waals surface area contributed by atoms with Crippen molar-refractivity contribution < 1.29 is 4.79 Å². The molecule has 1 atom stereocenters. The molecule has 2 rings (SSSR count). The van der Waals surface area contributed by atoms with Crippen LogP contribution in [0.5, 0.6) is 0 Å². The van der Waals surface area contributed by atoms with Gasteiger partial charge in [-0.3, -0.25) is 4.79 Å². The zero-order chi connectivity index (χ0) is 11.4. The van der Waals surface area contributed by atoms with E-state index in [0.717, 1.165) is 38.3 Å². The number of aromatic nitrogens is 2. The van der Waals surface area contributed by atoms with Crippen molar-refractivity contribution in [3.05, 3.63) is 12.3 Å². The lowest BCUT2D eigenvalue weighted by Gasteiger charge is -2.21. The third-order valence-electron chi connectivity index (χ3n) is 2.94.